The third kappa shape index (κ3) is 2.27. The van der Waals surface area contributed by atoms with E-state index in [1.807, 2.05) is 25.1 Å². The summed E-state index contributed by atoms with van der Waals surface area (Å²) in [6, 6.07) is 6.39. The Bertz CT molecular complexity index is 353. The first-order chi connectivity index (χ1) is 7.20. The molecule has 2 rings (SSSR count). The highest BCUT2D eigenvalue weighted by Crippen LogP contribution is 2.36. The van der Waals surface area contributed by atoms with Crippen LogP contribution in [0.5, 0.6) is 0 Å². The lowest BCUT2D eigenvalue weighted by Crippen LogP contribution is -2.26. The molecule has 15 heavy (non-hydrogen) atoms. The van der Waals surface area contributed by atoms with Gasteiger partial charge in [-0.3, -0.25) is 0 Å². The second kappa shape index (κ2) is 4.42. The van der Waals surface area contributed by atoms with Crippen LogP contribution in [0, 0.1) is 0 Å². The first-order valence-corrected chi connectivity index (χ1v) is 5.76. The van der Waals surface area contributed by atoms with Crippen LogP contribution >= 0.6 is 11.6 Å². The average Bonchev–Trinajstić information content (AvgIpc) is 2.19. The topological polar surface area (TPSA) is 21.3 Å². The fourth-order valence-corrected chi connectivity index (χ4v) is 2.24. The van der Waals surface area contributed by atoms with E-state index in [9.17, 15) is 0 Å². The van der Waals surface area contributed by atoms with Crippen LogP contribution < -0.4 is 5.32 Å². The summed E-state index contributed by atoms with van der Waals surface area (Å²) in [6.45, 7) is 4.93. The molecule has 0 saturated heterocycles. The van der Waals surface area contributed by atoms with Crippen molar-refractivity contribution in [1.82, 2.24) is 0 Å². The van der Waals surface area contributed by atoms with Crippen molar-refractivity contribution in [2.45, 2.75) is 32.4 Å². The van der Waals surface area contributed by atoms with Gasteiger partial charge in [-0.1, -0.05) is 11.6 Å². The van der Waals surface area contributed by atoms with Gasteiger partial charge in [0.15, 0.2) is 0 Å². The summed E-state index contributed by atoms with van der Waals surface area (Å²) < 4.78 is 5.74. The molecule has 1 aromatic carbocycles. The molecule has 82 valence electrons. The van der Waals surface area contributed by atoms with Gasteiger partial charge >= 0.3 is 0 Å². The largest absolute Gasteiger partial charge is 0.382 e. The van der Waals surface area contributed by atoms with Gasteiger partial charge < -0.3 is 10.1 Å². The van der Waals surface area contributed by atoms with Gasteiger partial charge in [-0.2, -0.15) is 0 Å². The van der Waals surface area contributed by atoms with Gasteiger partial charge in [0.25, 0.3) is 0 Å². The maximum absolute atomic E-state index is 6.00. The SMILES string of the molecule is CCO[C@H]1C[C@@H](C)Nc2ccc(Cl)cc21. The van der Waals surface area contributed by atoms with E-state index in [0.29, 0.717) is 6.04 Å². The van der Waals surface area contributed by atoms with E-state index in [2.05, 4.69) is 12.2 Å². The zero-order chi connectivity index (χ0) is 10.8. The Morgan fingerprint density at radius 3 is 3.07 bits per heavy atom. The van der Waals surface area contributed by atoms with E-state index in [-0.39, 0.29) is 6.10 Å². The molecule has 0 amide bonds. The Morgan fingerprint density at radius 1 is 1.53 bits per heavy atom. The number of anilines is 1. The highest BCUT2D eigenvalue weighted by atomic mass is 35.5. The Balaban J connectivity index is 2.34. The van der Waals surface area contributed by atoms with Crippen molar-refractivity contribution in [2.24, 2.45) is 0 Å². The molecule has 3 heteroatoms. The van der Waals surface area contributed by atoms with Gasteiger partial charge in [-0.15, -0.1) is 0 Å². The van der Waals surface area contributed by atoms with Gasteiger partial charge in [-0.25, -0.2) is 0 Å². The Morgan fingerprint density at radius 2 is 2.33 bits per heavy atom. The van der Waals surface area contributed by atoms with E-state index in [1.54, 1.807) is 0 Å². The van der Waals surface area contributed by atoms with Crippen molar-refractivity contribution in [2.75, 3.05) is 11.9 Å². The van der Waals surface area contributed by atoms with Gasteiger partial charge in [-0.05, 0) is 38.5 Å². The molecule has 1 heterocycles. The molecule has 2 atom stereocenters. The number of ether oxygens (including phenoxy) is 1. The van der Waals surface area contributed by atoms with Crippen LogP contribution in [0.3, 0.4) is 0 Å². The van der Waals surface area contributed by atoms with Crippen LogP contribution in [0.15, 0.2) is 18.2 Å². The second-order valence-corrected chi connectivity index (χ2v) is 4.39. The standard InChI is InChI=1S/C12H16ClNO/c1-3-15-12-6-8(2)14-11-5-4-9(13)7-10(11)12/h4-5,7-8,12,14H,3,6H2,1-2H3/t8-,12+/m1/s1. The zero-order valence-corrected chi connectivity index (χ0v) is 9.84. The van der Waals surface area contributed by atoms with Crippen molar-refractivity contribution in [3.8, 4) is 0 Å². The van der Waals surface area contributed by atoms with Crippen LogP contribution in [0.25, 0.3) is 0 Å². The molecule has 0 fully saturated rings. The van der Waals surface area contributed by atoms with Crippen LogP contribution in [-0.4, -0.2) is 12.6 Å². The first-order valence-electron chi connectivity index (χ1n) is 5.38. The Kier molecular flexibility index (Phi) is 3.17. The predicted octanol–water partition coefficient (Wildman–Crippen LogP) is 3.62. The minimum absolute atomic E-state index is 0.181. The number of nitrogens with one attached hydrogen (secondary N) is 1. The number of hydrogen-bond acceptors (Lipinski definition) is 2. The quantitative estimate of drug-likeness (QED) is 0.830. The molecule has 0 unspecified atom stereocenters. The van der Waals surface area contributed by atoms with Gasteiger partial charge in [0.1, 0.15) is 0 Å². The van der Waals surface area contributed by atoms with Gasteiger partial charge in [0, 0.05) is 28.9 Å². The Hall–Kier alpha value is -0.730. The number of hydrogen-bond donors (Lipinski definition) is 1. The van der Waals surface area contributed by atoms with E-state index >= 15 is 0 Å². The third-order valence-corrected chi connectivity index (χ3v) is 2.93. The lowest BCUT2D eigenvalue weighted by atomic mass is 9.96. The molecule has 0 bridgehead atoms. The van der Waals surface area contributed by atoms with E-state index in [4.69, 9.17) is 16.3 Å². The monoisotopic (exact) mass is 225 g/mol. The van der Waals surface area contributed by atoms with Crippen molar-refractivity contribution < 1.29 is 4.74 Å². The average molecular weight is 226 g/mol. The molecule has 0 saturated carbocycles. The maximum Gasteiger partial charge on any atom is 0.0864 e. The summed E-state index contributed by atoms with van der Waals surface area (Å²) in [7, 11) is 0. The molecular weight excluding hydrogens is 210 g/mol. The van der Waals surface area contributed by atoms with E-state index in [1.165, 1.54) is 5.56 Å². The molecule has 2 nitrogen and oxygen atoms in total. The van der Waals surface area contributed by atoms with Crippen LogP contribution in [0.1, 0.15) is 31.9 Å². The molecule has 0 radical (unpaired) electrons. The van der Waals surface area contributed by atoms with Crippen molar-refractivity contribution in [1.29, 1.82) is 0 Å². The highest BCUT2D eigenvalue weighted by Gasteiger charge is 2.24. The highest BCUT2D eigenvalue weighted by molar-refractivity contribution is 6.30. The number of rotatable bonds is 2. The molecule has 1 aromatic rings. The van der Waals surface area contributed by atoms with Crippen LogP contribution in [0.2, 0.25) is 5.02 Å². The molecular formula is C12H16ClNO. The summed E-state index contributed by atoms with van der Waals surface area (Å²) in [4.78, 5) is 0. The lowest BCUT2D eigenvalue weighted by molar-refractivity contribution is 0.0512. The number of fused-ring (bicyclic) bond motifs is 1. The summed E-state index contributed by atoms with van der Waals surface area (Å²) in [5, 5.41) is 4.21. The smallest absolute Gasteiger partial charge is 0.0864 e. The minimum atomic E-state index is 0.181. The number of halogens is 1. The van der Waals surface area contributed by atoms with Crippen molar-refractivity contribution in [3.05, 3.63) is 28.8 Å². The minimum Gasteiger partial charge on any atom is -0.382 e. The Labute approximate surface area is 95.6 Å². The molecule has 0 spiro atoms. The summed E-state index contributed by atoms with van der Waals surface area (Å²) >= 11 is 6.00. The van der Waals surface area contributed by atoms with E-state index < -0.39 is 0 Å². The normalized spacial score (nSPS) is 24.5. The summed E-state index contributed by atoms with van der Waals surface area (Å²) in [5.41, 5.74) is 2.33. The predicted molar refractivity (Wildman–Crippen MR) is 63.5 cm³/mol. The van der Waals surface area contributed by atoms with Crippen molar-refractivity contribution >= 4 is 17.3 Å². The fraction of sp³-hybridized carbons (Fsp3) is 0.500. The molecule has 0 aromatic heterocycles. The summed E-state index contributed by atoms with van der Waals surface area (Å²) in [5.74, 6) is 0. The first kappa shape index (κ1) is 10.8. The molecule has 1 aliphatic heterocycles. The summed E-state index contributed by atoms with van der Waals surface area (Å²) in [6.07, 6.45) is 1.18. The van der Waals surface area contributed by atoms with E-state index in [0.717, 1.165) is 23.7 Å². The molecule has 1 N–H and O–H groups in total. The second-order valence-electron chi connectivity index (χ2n) is 3.96. The molecule has 0 aliphatic carbocycles. The maximum atomic E-state index is 6.00. The van der Waals surface area contributed by atoms with Gasteiger partial charge in [0.2, 0.25) is 0 Å². The third-order valence-electron chi connectivity index (χ3n) is 2.70. The molecule has 1 aliphatic rings. The fourth-order valence-electron chi connectivity index (χ4n) is 2.06. The number of benzene rings is 1. The van der Waals surface area contributed by atoms with Crippen molar-refractivity contribution in [3.63, 3.8) is 0 Å². The zero-order valence-electron chi connectivity index (χ0n) is 9.09. The van der Waals surface area contributed by atoms with Crippen LogP contribution in [-0.2, 0) is 4.74 Å². The van der Waals surface area contributed by atoms with Gasteiger partial charge in [0.05, 0.1) is 6.10 Å². The van der Waals surface area contributed by atoms with Crippen LogP contribution in [0.4, 0.5) is 5.69 Å². The lowest BCUT2D eigenvalue weighted by Gasteiger charge is -2.31.